The van der Waals surface area contributed by atoms with Gasteiger partial charge in [-0.05, 0) is 49.4 Å². The predicted molar refractivity (Wildman–Crippen MR) is 135 cm³/mol. The molecule has 0 fully saturated rings. The zero-order valence-electron chi connectivity index (χ0n) is 19.1. The highest BCUT2D eigenvalue weighted by Gasteiger charge is 2.24. The summed E-state index contributed by atoms with van der Waals surface area (Å²) >= 11 is 5.89. The van der Waals surface area contributed by atoms with E-state index in [1.54, 1.807) is 24.3 Å². The number of nitrogens with one attached hydrogen (secondary N) is 3. The first-order valence-corrected chi connectivity index (χ1v) is 13.2. The van der Waals surface area contributed by atoms with Crippen LogP contribution in [0.1, 0.15) is 43.0 Å². The van der Waals surface area contributed by atoms with Crippen molar-refractivity contribution in [3.05, 3.63) is 71.4 Å². The van der Waals surface area contributed by atoms with E-state index in [4.69, 9.17) is 11.6 Å². The number of para-hydroxylation sites is 1. The summed E-state index contributed by atoms with van der Waals surface area (Å²) in [6, 6.07) is 14.8. The normalized spacial score (nSPS) is 11.4. The van der Waals surface area contributed by atoms with Gasteiger partial charge in [-0.2, -0.15) is 5.10 Å². The Kier molecular flexibility index (Phi) is 9.50. The summed E-state index contributed by atoms with van der Waals surface area (Å²) in [6.07, 6.45) is 6.06. The molecule has 0 aliphatic carbocycles. The number of rotatable bonds is 13. The Balaban J connectivity index is 1.75. The molecule has 0 bridgehead atoms. The Hall–Kier alpha value is -2.88. The third kappa shape index (κ3) is 7.06. The molecule has 1 heterocycles. The lowest BCUT2D eigenvalue weighted by atomic mass is 10.2. The highest BCUT2D eigenvalue weighted by Crippen LogP contribution is 2.24. The summed E-state index contributed by atoms with van der Waals surface area (Å²) in [4.78, 5) is 12.9. The number of anilines is 1. The number of nitrogens with zero attached hydrogens (tertiary/aromatic N) is 2. The number of unbranched alkanes of at least 4 members (excludes halogenated alkanes) is 3. The van der Waals surface area contributed by atoms with Crippen LogP contribution in [-0.4, -0.2) is 43.7 Å². The number of hydrogen-bond donors (Lipinski definition) is 3. The molecule has 0 spiro atoms. The maximum atomic E-state index is 13.0. The lowest BCUT2D eigenvalue weighted by Gasteiger charge is -2.13. The largest absolute Gasteiger partial charge is 0.351 e. The molecular weight excluding hydrogens is 474 g/mol. The molecule has 0 atom stereocenters. The number of hydrogen-bond acceptors (Lipinski definition) is 5. The van der Waals surface area contributed by atoms with E-state index in [-0.39, 0.29) is 16.3 Å². The predicted octanol–water partition coefficient (Wildman–Crippen LogP) is 4.23. The van der Waals surface area contributed by atoms with Crippen molar-refractivity contribution < 1.29 is 13.2 Å². The third-order valence-corrected chi connectivity index (χ3v) is 6.77. The molecule has 3 rings (SSSR count). The van der Waals surface area contributed by atoms with Gasteiger partial charge in [-0.15, -0.1) is 0 Å². The minimum atomic E-state index is -3.99. The van der Waals surface area contributed by atoms with Gasteiger partial charge < -0.3 is 10.6 Å². The van der Waals surface area contributed by atoms with E-state index in [1.165, 1.54) is 54.4 Å². The highest BCUT2D eigenvalue weighted by molar-refractivity contribution is 7.92. The minimum absolute atomic E-state index is 0.0244. The van der Waals surface area contributed by atoms with Gasteiger partial charge in [0, 0.05) is 18.1 Å². The quantitative estimate of drug-likeness (QED) is 0.303. The maximum Gasteiger partial charge on any atom is 0.263 e. The monoisotopic (exact) mass is 503 g/mol. The fourth-order valence-corrected chi connectivity index (χ4v) is 4.53. The van der Waals surface area contributed by atoms with Crippen LogP contribution < -0.4 is 15.4 Å². The molecule has 34 heavy (non-hydrogen) atoms. The van der Waals surface area contributed by atoms with Crippen LogP contribution in [0.15, 0.2) is 65.7 Å². The van der Waals surface area contributed by atoms with Crippen LogP contribution in [-0.2, 0) is 10.0 Å². The topological polar surface area (TPSA) is 105 Å². The summed E-state index contributed by atoms with van der Waals surface area (Å²) in [5.74, 6) is -0.352. The molecule has 0 saturated carbocycles. The Morgan fingerprint density at radius 2 is 1.71 bits per heavy atom. The van der Waals surface area contributed by atoms with Gasteiger partial charge in [0.2, 0.25) is 0 Å². The molecule has 1 aromatic heterocycles. The standard InChI is InChI=1S/C24H30ClN5O3S/c1-2-3-4-8-15-26-16-17-27-24(31)22-18-28-30(20-9-6-5-7-10-20)23(22)29-34(32,33)21-13-11-19(25)12-14-21/h5-7,9-14,18,26,29H,2-4,8,15-17H2,1H3,(H,27,31). The summed E-state index contributed by atoms with van der Waals surface area (Å²) in [7, 11) is -3.99. The second-order valence-corrected chi connectivity index (χ2v) is 9.90. The molecule has 0 radical (unpaired) electrons. The minimum Gasteiger partial charge on any atom is -0.351 e. The molecule has 8 nitrogen and oxygen atoms in total. The van der Waals surface area contributed by atoms with Gasteiger partial charge in [0.25, 0.3) is 15.9 Å². The van der Waals surface area contributed by atoms with Crippen molar-refractivity contribution >= 4 is 33.3 Å². The fraction of sp³-hybridized carbons (Fsp3) is 0.333. The lowest BCUT2D eigenvalue weighted by molar-refractivity contribution is 0.0955. The van der Waals surface area contributed by atoms with E-state index in [2.05, 4.69) is 27.4 Å². The maximum absolute atomic E-state index is 13.0. The van der Waals surface area contributed by atoms with Gasteiger partial charge in [0.1, 0.15) is 5.56 Å². The SMILES string of the molecule is CCCCCCNCCNC(=O)c1cnn(-c2ccccc2)c1NS(=O)(=O)c1ccc(Cl)cc1. The van der Waals surface area contributed by atoms with E-state index in [9.17, 15) is 13.2 Å². The number of aromatic nitrogens is 2. The molecule has 0 unspecified atom stereocenters. The Bertz CT molecular complexity index is 1170. The van der Waals surface area contributed by atoms with Crippen LogP contribution >= 0.6 is 11.6 Å². The molecular formula is C24H30ClN5O3S. The van der Waals surface area contributed by atoms with Gasteiger partial charge in [-0.25, -0.2) is 13.1 Å². The second kappa shape index (κ2) is 12.5. The van der Waals surface area contributed by atoms with Crippen molar-refractivity contribution in [1.82, 2.24) is 20.4 Å². The zero-order valence-corrected chi connectivity index (χ0v) is 20.7. The van der Waals surface area contributed by atoms with Gasteiger partial charge in [0.05, 0.1) is 16.8 Å². The Morgan fingerprint density at radius 1 is 0.971 bits per heavy atom. The van der Waals surface area contributed by atoms with E-state index in [0.29, 0.717) is 23.8 Å². The molecule has 182 valence electrons. The molecule has 0 saturated heterocycles. The summed E-state index contributed by atoms with van der Waals surface area (Å²) in [6.45, 7) is 4.10. The first kappa shape index (κ1) is 25.7. The number of sulfonamides is 1. The zero-order chi connectivity index (χ0) is 24.4. The van der Waals surface area contributed by atoms with Crippen LogP contribution in [0.2, 0.25) is 5.02 Å². The second-order valence-electron chi connectivity index (χ2n) is 7.78. The van der Waals surface area contributed by atoms with E-state index in [0.717, 1.165) is 13.0 Å². The number of carbonyl (C=O) groups is 1. The van der Waals surface area contributed by atoms with Gasteiger partial charge >= 0.3 is 0 Å². The Labute approximate surface area is 205 Å². The van der Waals surface area contributed by atoms with Crippen LogP contribution in [0.4, 0.5) is 5.82 Å². The van der Waals surface area contributed by atoms with E-state index >= 15 is 0 Å². The average molecular weight is 504 g/mol. The highest BCUT2D eigenvalue weighted by atomic mass is 35.5. The van der Waals surface area contributed by atoms with Crippen LogP contribution in [0.25, 0.3) is 5.69 Å². The first-order valence-electron chi connectivity index (χ1n) is 11.3. The van der Waals surface area contributed by atoms with Gasteiger partial charge in [-0.3, -0.25) is 9.52 Å². The van der Waals surface area contributed by atoms with Crippen LogP contribution in [0.5, 0.6) is 0 Å². The summed E-state index contributed by atoms with van der Waals surface area (Å²) in [5.41, 5.74) is 0.744. The van der Waals surface area contributed by atoms with Crippen molar-refractivity contribution in [3.63, 3.8) is 0 Å². The lowest BCUT2D eigenvalue weighted by Crippen LogP contribution is -2.32. The number of amides is 1. The van der Waals surface area contributed by atoms with E-state index in [1.807, 2.05) is 6.07 Å². The molecule has 3 aromatic rings. The third-order valence-electron chi connectivity index (χ3n) is 5.16. The van der Waals surface area contributed by atoms with Crippen molar-refractivity contribution in [1.29, 1.82) is 0 Å². The molecule has 1 amide bonds. The van der Waals surface area contributed by atoms with Crippen LogP contribution in [0, 0.1) is 0 Å². The molecule has 0 aliphatic heterocycles. The molecule has 0 aliphatic rings. The molecule has 3 N–H and O–H groups in total. The number of benzene rings is 2. The average Bonchev–Trinajstić information content (AvgIpc) is 3.24. The van der Waals surface area contributed by atoms with Gasteiger partial charge in [-0.1, -0.05) is 56.0 Å². The van der Waals surface area contributed by atoms with Gasteiger partial charge in [0.15, 0.2) is 5.82 Å². The van der Waals surface area contributed by atoms with Crippen molar-refractivity contribution in [2.24, 2.45) is 0 Å². The van der Waals surface area contributed by atoms with E-state index < -0.39 is 15.9 Å². The Morgan fingerprint density at radius 3 is 2.41 bits per heavy atom. The van der Waals surface area contributed by atoms with Crippen LogP contribution in [0.3, 0.4) is 0 Å². The summed E-state index contributed by atoms with van der Waals surface area (Å²) in [5, 5.41) is 10.8. The van der Waals surface area contributed by atoms with Crippen molar-refractivity contribution in [3.8, 4) is 5.69 Å². The molecule has 10 heteroatoms. The molecule has 2 aromatic carbocycles. The summed E-state index contributed by atoms with van der Waals surface area (Å²) < 4.78 is 30.0. The number of halogens is 1. The first-order chi connectivity index (χ1) is 16.4. The van der Waals surface area contributed by atoms with Crippen molar-refractivity contribution in [2.45, 2.75) is 37.5 Å². The number of carbonyl (C=O) groups excluding carboxylic acids is 1. The fourth-order valence-electron chi connectivity index (χ4n) is 3.34. The van der Waals surface area contributed by atoms with Crippen molar-refractivity contribution in [2.75, 3.05) is 24.4 Å². The smallest absolute Gasteiger partial charge is 0.263 e.